The smallest absolute Gasteiger partial charge is 0.0985 e. The van der Waals surface area contributed by atoms with Gasteiger partial charge in [-0.3, -0.25) is 0 Å². The molecule has 0 aliphatic rings. The van der Waals surface area contributed by atoms with E-state index >= 15 is 0 Å². The Labute approximate surface area is 119 Å². The number of anilines is 1. The van der Waals surface area contributed by atoms with Crippen molar-refractivity contribution < 1.29 is 0 Å². The molecule has 0 amide bonds. The Morgan fingerprint density at radius 3 is 2.22 bits per heavy atom. The van der Waals surface area contributed by atoms with Crippen LogP contribution in [0.15, 0.2) is 29.0 Å². The van der Waals surface area contributed by atoms with Gasteiger partial charge in [0.2, 0.25) is 0 Å². The van der Waals surface area contributed by atoms with Gasteiger partial charge in [0.15, 0.2) is 0 Å². The quantitative estimate of drug-likeness (QED) is 0.869. The number of rotatable bonds is 5. The van der Waals surface area contributed by atoms with Gasteiger partial charge in [0, 0.05) is 22.7 Å². The second-order valence-electron chi connectivity index (χ2n) is 4.88. The van der Waals surface area contributed by atoms with Crippen molar-refractivity contribution in [3.05, 3.63) is 40.1 Å². The fourth-order valence-corrected chi connectivity index (χ4v) is 2.91. The molecular weight excluding hydrogens is 288 g/mol. The first-order valence-electron chi connectivity index (χ1n) is 6.36. The number of halogens is 1. The zero-order valence-corrected chi connectivity index (χ0v) is 13.6. The minimum Gasteiger partial charge on any atom is -0.370 e. The molecule has 0 saturated carbocycles. The predicted molar refractivity (Wildman–Crippen MR) is 84.0 cm³/mol. The van der Waals surface area contributed by atoms with Crippen LogP contribution in [-0.4, -0.2) is 12.6 Å². The van der Waals surface area contributed by atoms with Gasteiger partial charge in [0.1, 0.15) is 0 Å². The van der Waals surface area contributed by atoms with Crippen LogP contribution in [0.1, 0.15) is 31.9 Å². The molecule has 0 aromatic heterocycles. The average molecular weight is 311 g/mol. The van der Waals surface area contributed by atoms with E-state index in [4.69, 9.17) is 0 Å². The Bertz CT molecular complexity index is 415. The van der Waals surface area contributed by atoms with Crippen LogP contribution in [-0.2, 0) is 0 Å². The van der Waals surface area contributed by atoms with E-state index in [1.54, 1.807) is 0 Å². The fourth-order valence-electron chi connectivity index (χ4n) is 2.22. The van der Waals surface area contributed by atoms with Gasteiger partial charge in [0.25, 0.3) is 0 Å². The van der Waals surface area contributed by atoms with E-state index in [2.05, 4.69) is 79.5 Å². The predicted octanol–water partition coefficient (Wildman–Crippen LogP) is 4.36. The molecule has 0 aliphatic heterocycles. The molecule has 2 nitrogen and oxygen atoms in total. The molecule has 0 unspecified atom stereocenters. The van der Waals surface area contributed by atoms with E-state index in [0.29, 0.717) is 6.04 Å². The fraction of sp³-hybridized carbons (Fsp3) is 0.467. The summed E-state index contributed by atoms with van der Waals surface area (Å²) >= 11 is 3.54. The summed E-state index contributed by atoms with van der Waals surface area (Å²) in [5.74, 6) is 0.959. The van der Waals surface area contributed by atoms with Gasteiger partial charge in [-0.15, -0.1) is 0 Å². The molecule has 3 heteroatoms. The van der Waals surface area contributed by atoms with Crippen molar-refractivity contribution in [3.63, 3.8) is 0 Å². The van der Waals surface area contributed by atoms with Crippen LogP contribution in [0.2, 0.25) is 0 Å². The van der Waals surface area contributed by atoms with E-state index < -0.39 is 0 Å². The lowest BCUT2D eigenvalue weighted by Gasteiger charge is -2.30. The summed E-state index contributed by atoms with van der Waals surface area (Å²) in [6.45, 7) is 15.7. The van der Waals surface area contributed by atoms with E-state index in [1.165, 1.54) is 16.8 Å². The topological polar surface area (TPSA) is 15.3 Å². The highest BCUT2D eigenvalue weighted by Gasteiger charge is 2.14. The maximum Gasteiger partial charge on any atom is 0.0985 e. The van der Waals surface area contributed by atoms with Crippen molar-refractivity contribution in [1.29, 1.82) is 0 Å². The molecule has 0 radical (unpaired) electrons. The SMILES string of the molecule is C=C(NC(C)C)N(CC)c1c(C)cc(Br)cc1C. The van der Waals surface area contributed by atoms with E-state index in [9.17, 15) is 0 Å². The van der Waals surface area contributed by atoms with E-state index in [0.717, 1.165) is 16.8 Å². The molecule has 1 N–H and O–H groups in total. The zero-order chi connectivity index (χ0) is 13.9. The molecule has 0 spiro atoms. The van der Waals surface area contributed by atoms with Crippen molar-refractivity contribution >= 4 is 21.6 Å². The summed E-state index contributed by atoms with van der Waals surface area (Å²) < 4.78 is 1.12. The first-order chi connectivity index (χ1) is 8.36. The van der Waals surface area contributed by atoms with Crippen LogP contribution in [0.3, 0.4) is 0 Å². The molecule has 100 valence electrons. The van der Waals surface area contributed by atoms with Crippen LogP contribution in [0.5, 0.6) is 0 Å². The Morgan fingerprint density at radius 1 is 1.33 bits per heavy atom. The monoisotopic (exact) mass is 310 g/mol. The van der Waals surface area contributed by atoms with Gasteiger partial charge < -0.3 is 10.2 Å². The molecule has 18 heavy (non-hydrogen) atoms. The van der Waals surface area contributed by atoms with Crippen LogP contribution < -0.4 is 10.2 Å². The lowest BCUT2D eigenvalue weighted by atomic mass is 10.1. The standard InChI is InChI=1S/C15H23BrN2/c1-7-18(13(6)17-10(2)3)15-11(4)8-14(16)9-12(15)5/h8-10,17H,6-7H2,1-5H3. The molecule has 0 bridgehead atoms. The van der Waals surface area contributed by atoms with Crippen molar-refractivity contribution in [3.8, 4) is 0 Å². The van der Waals surface area contributed by atoms with E-state index in [-0.39, 0.29) is 0 Å². The summed E-state index contributed by atoms with van der Waals surface area (Å²) in [6.07, 6.45) is 0. The van der Waals surface area contributed by atoms with Crippen molar-refractivity contribution in [2.45, 2.75) is 40.7 Å². The molecule has 0 aliphatic carbocycles. The molecule has 0 heterocycles. The van der Waals surface area contributed by atoms with Gasteiger partial charge in [-0.05, 0) is 57.9 Å². The van der Waals surface area contributed by atoms with Gasteiger partial charge in [-0.2, -0.15) is 0 Å². The van der Waals surface area contributed by atoms with Gasteiger partial charge >= 0.3 is 0 Å². The Morgan fingerprint density at radius 2 is 1.83 bits per heavy atom. The molecule has 0 saturated heterocycles. The molecule has 1 aromatic carbocycles. The number of hydrogen-bond acceptors (Lipinski definition) is 2. The third-order valence-electron chi connectivity index (χ3n) is 2.82. The highest BCUT2D eigenvalue weighted by molar-refractivity contribution is 9.10. The average Bonchev–Trinajstić information content (AvgIpc) is 2.21. The normalized spacial score (nSPS) is 10.6. The summed E-state index contributed by atoms with van der Waals surface area (Å²) in [6, 6.07) is 4.68. The summed E-state index contributed by atoms with van der Waals surface area (Å²) in [4.78, 5) is 2.23. The summed E-state index contributed by atoms with van der Waals surface area (Å²) in [7, 11) is 0. The summed E-state index contributed by atoms with van der Waals surface area (Å²) in [5, 5.41) is 3.38. The van der Waals surface area contributed by atoms with Crippen molar-refractivity contribution in [1.82, 2.24) is 5.32 Å². The molecule has 1 aromatic rings. The molecule has 0 fully saturated rings. The van der Waals surface area contributed by atoms with Crippen LogP contribution >= 0.6 is 15.9 Å². The van der Waals surface area contributed by atoms with E-state index in [1.807, 2.05) is 0 Å². The molecular formula is C15H23BrN2. The third kappa shape index (κ3) is 3.52. The first-order valence-corrected chi connectivity index (χ1v) is 7.15. The van der Waals surface area contributed by atoms with Gasteiger partial charge in [-0.1, -0.05) is 22.5 Å². The number of hydrogen-bond donors (Lipinski definition) is 1. The van der Waals surface area contributed by atoms with Crippen LogP contribution in [0.4, 0.5) is 5.69 Å². The lowest BCUT2D eigenvalue weighted by molar-refractivity contribution is 0.645. The maximum atomic E-state index is 4.15. The highest BCUT2D eigenvalue weighted by atomic mass is 79.9. The maximum absolute atomic E-state index is 4.15. The van der Waals surface area contributed by atoms with Crippen molar-refractivity contribution in [2.24, 2.45) is 0 Å². The van der Waals surface area contributed by atoms with Crippen molar-refractivity contribution in [2.75, 3.05) is 11.4 Å². The lowest BCUT2D eigenvalue weighted by Crippen LogP contribution is -2.35. The molecule has 0 atom stereocenters. The number of nitrogens with one attached hydrogen (secondary N) is 1. The minimum absolute atomic E-state index is 0.391. The van der Waals surface area contributed by atoms with Gasteiger partial charge in [-0.25, -0.2) is 0 Å². The highest BCUT2D eigenvalue weighted by Crippen LogP contribution is 2.30. The second-order valence-corrected chi connectivity index (χ2v) is 5.79. The minimum atomic E-state index is 0.391. The zero-order valence-electron chi connectivity index (χ0n) is 12.0. The Balaban J connectivity index is 3.13. The first kappa shape index (κ1) is 15.1. The number of aryl methyl sites for hydroxylation is 2. The Hall–Kier alpha value is -0.960. The second kappa shape index (κ2) is 6.28. The summed E-state index contributed by atoms with van der Waals surface area (Å²) in [5.41, 5.74) is 3.77. The van der Waals surface area contributed by atoms with Crippen LogP contribution in [0.25, 0.3) is 0 Å². The number of nitrogens with zero attached hydrogens (tertiary/aromatic N) is 1. The Kier molecular flexibility index (Phi) is 5.27. The third-order valence-corrected chi connectivity index (χ3v) is 3.28. The van der Waals surface area contributed by atoms with Gasteiger partial charge in [0.05, 0.1) is 5.82 Å². The largest absolute Gasteiger partial charge is 0.370 e. The number of benzene rings is 1. The molecule has 1 rings (SSSR count). The van der Waals surface area contributed by atoms with Crippen LogP contribution in [0, 0.1) is 13.8 Å².